The third-order valence-corrected chi connectivity index (χ3v) is 4.27. The Hall–Kier alpha value is -3.79. The monoisotopic (exact) mass is 351 g/mol. The van der Waals surface area contributed by atoms with Gasteiger partial charge >= 0.3 is 0 Å². The van der Waals surface area contributed by atoms with Gasteiger partial charge in [-0.2, -0.15) is 5.10 Å². The molecule has 4 aromatic rings. The Balaban J connectivity index is 1.71. The van der Waals surface area contributed by atoms with Crippen LogP contribution in [0.15, 0.2) is 101 Å². The van der Waals surface area contributed by atoms with Crippen LogP contribution in [-0.4, -0.2) is 22.7 Å². The first-order valence-corrected chi connectivity index (χ1v) is 8.65. The zero-order valence-corrected chi connectivity index (χ0v) is 14.5. The Labute approximate surface area is 156 Å². The van der Waals surface area contributed by atoms with Crippen LogP contribution in [0.2, 0.25) is 0 Å². The minimum atomic E-state index is -0.155. The quantitative estimate of drug-likeness (QED) is 0.311. The Morgan fingerprint density at radius 1 is 0.778 bits per heavy atom. The van der Waals surface area contributed by atoms with Gasteiger partial charge in [-0.15, -0.1) is 5.10 Å². The van der Waals surface area contributed by atoms with Gasteiger partial charge < -0.3 is 4.98 Å². The van der Waals surface area contributed by atoms with Gasteiger partial charge in [0.1, 0.15) is 5.71 Å². The molecule has 4 rings (SSSR count). The van der Waals surface area contributed by atoms with Crippen LogP contribution in [0.4, 0.5) is 0 Å². The smallest absolute Gasteiger partial charge is 0.213 e. The van der Waals surface area contributed by atoms with Gasteiger partial charge in [-0.05, 0) is 6.07 Å². The maximum Gasteiger partial charge on any atom is 0.213 e. The molecule has 0 amide bonds. The lowest BCUT2D eigenvalue weighted by Gasteiger charge is -2.04. The van der Waals surface area contributed by atoms with Gasteiger partial charge in [-0.1, -0.05) is 78.9 Å². The highest BCUT2D eigenvalue weighted by molar-refractivity contribution is 6.51. The summed E-state index contributed by atoms with van der Waals surface area (Å²) in [6.45, 7) is 0. The van der Waals surface area contributed by atoms with Crippen molar-refractivity contribution in [3.05, 3.63) is 108 Å². The third kappa shape index (κ3) is 3.60. The van der Waals surface area contributed by atoms with Crippen LogP contribution >= 0.6 is 0 Å². The number of nitrogens with one attached hydrogen (secondary N) is 1. The first kappa shape index (κ1) is 16.7. The van der Waals surface area contributed by atoms with Crippen molar-refractivity contribution >= 4 is 28.6 Å². The van der Waals surface area contributed by atoms with Gasteiger partial charge in [0.2, 0.25) is 5.78 Å². The fourth-order valence-corrected chi connectivity index (χ4v) is 2.91. The molecule has 4 nitrogen and oxygen atoms in total. The molecule has 0 bridgehead atoms. The third-order valence-electron chi connectivity index (χ3n) is 4.27. The SMILES string of the molecule is O=C(C(=NN=Cc1c[nH]c2ccccc12)c1ccccc1)c1ccccc1. The van der Waals surface area contributed by atoms with Gasteiger partial charge in [0.05, 0.1) is 6.21 Å². The highest BCUT2D eigenvalue weighted by Gasteiger charge is 2.16. The van der Waals surface area contributed by atoms with Crippen LogP contribution in [0.5, 0.6) is 0 Å². The van der Waals surface area contributed by atoms with E-state index in [9.17, 15) is 4.79 Å². The number of carbonyl (C=O) groups excluding carboxylic acids is 1. The zero-order valence-electron chi connectivity index (χ0n) is 14.5. The van der Waals surface area contributed by atoms with Gasteiger partial charge in [0.15, 0.2) is 0 Å². The molecule has 1 heterocycles. The molecule has 1 aromatic heterocycles. The second-order valence-electron chi connectivity index (χ2n) is 6.04. The van der Waals surface area contributed by atoms with E-state index in [0.717, 1.165) is 22.0 Å². The molecular weight excluding hydrogens is 334 g/mol. The van der Waals surface area contributed by atoms with E-state index in [2.05, 4.69) is 15.2 Å². The fourth-order valence-electron chi connectivity index (χ4n) is 2.91. The summed E-state index contributed by atoms with van der Waals surface area (Å²) in [4.78, 5) is 16.1. The van der Waals surface area contributed by atoms with Gasteiger partial charge in [-0.25, -0.2) is 0 Å². The number of aromatic nitrogens is 1. The molecule has 0 unspecified atom stereocenters. The Kier molecular flexibility index (Phi) is 4.70. The van der Waals surface area contributed by atoms with Crippen molar-refractivity contribution in [2.75, 3.05) is 0 Å². The largest absolute Gasteiger partial charge is 0.361 e. The summed E-state index contributed by atoms with van der Waals surface area (Å²) in [6.07, 6.45) is 3.55. The van der Waals surface area contributed by atoms with Crippen molar-refractivity contribution in [2.45, 2.75) is 0 Å². The number of para-hydroxylation sites is 1. The molecular formula is C23H17N3O. The van der Waals surface area contributed by atoms with Crippen molar-refractivity contribution in [3.8, 4) is 0 Å². The van der Waals surface area contributed by atoms with Crippen LogP contribution in [0, 0.1) is 0 Å². The van der Waals surface area contributed by atoms with Crippen molar-refractivity contribution in [1.82, 2.24) is 4.98 Å². The lowest BCUT2D eigenvalue weighted by Crippen LogP contribution is -2.15. The highest BCUT2D eigenvalue weighted by atomic mass is 16.1. The molecule has 3 aromatic carbocycles. The number of rotatable bonds is 5. The number of hydrogen-bond acceptors (Lipinski definition) is 3. The molecule has 0 spiro atoms. The van der Waals surface area contributed by atoms with Crippen LogP contribution < -0.4 is 0 Å². The number of benzene rings is 3. The number of carbonyl (C=O) groups is 1. The zero-order chi connectivity index (χ0) is 18.5. The topological polar surface area (TPSA) is 57.6 Å². The lowest BCUT2D eigenvalue weighted by molar-refractivity contribution is 0.106. The highest BCUT2D eigenvalue weighted by Crippen LogP contribution is 2.16. The summed E-state index contributed by atoms with van der Waals surface area (Å²) in [5.74, 6) is -0.155. The molecule has 0 aliphatic heterocycles. The summed E-state index contributed by atoms with van der Waals surface area (Å²) in [5, 5.41) is 9.55. The maximum atomic E-state index is 12.9. The lowest BCUT2D eigenvalue weighted by atomic mass is 10.0. The predicted molar refractivity (Wildman–Crippen MR) is 110 cm³/mol. The number of nitrogens with zero attached hydrogens (tertiary/aromatic N) is 2. The molecule has 130 valence electrons. The molecule has 27 heavy (non-hydrogen) atoms. The number of ketones is 1. The van der Waals surface area contributed by atoms with E-state index < -0.39 is 0 Å². The Morgan fingerprint density at radius 2 is 1.41 bits per heavy atom. The van der Waals surface area contributed by atoms with Gasteiger partial charge in [0, 0.05) is 33.8 Å². The van der Waals surface area contributed by atoms with Crippen LogP contribution in [0.1, 0.15) is 21.5 Å². The normalized spacial score (nSPS) is 11.9. The first-order chi connectivity index (χ1) is 13.3. The van der Waals surface area contributed by atoms with Gasteiger partial charge in [-0.3, -0.25) is 4.79 Å². The van der Waals surface area contributed by atoms with Crippen LogP contribution in [0.3, 0.4) is 0 Å². The Morgan fingerprint density at radius 3 is 2.15 bits per heavy atom. The molecule has 0 saturated heterocycles. The van der Waals surface area contributed by atoms with E-state index in [1.807, 2.05) is 79.0 Å². The van der Waals surface area contributed by atoms with E-state index in [4.69, 9.17) is 0 Å². The van der Waals surface area contributed by atoms with Gasteiger partial charge in [0.25, 0.3) is 0 Å². The Bertz CT molecular complexity index is 1130. The van der Waals surface area contributed by atoms with E-state index in [0.29, 0.717) is 11.3 Å². The van der Waals surface area contributed by atoms with E-state index in [1.54, 1.807) is 18.3 Å². The molecule has 4 heteroatoms. The maximum absolute atomic E-state index is 12.9. The second kappa shape index (κ2) is 7.62. The number of fused-ring (bicyclic) bond motifs is 1. The van der Waals surface area contributed by atoms with Crippen molar-refractivity contribution in [1.29, 1.82) is 0 Å². The van der Waals surface area contributed by atoms with Crippen LogP contribution in [0.25, 0.3) is 10.9 Å². The van der Waals surface area contributed by atoms with E-state index in [-0.39, 0.29) is 5.78 Å². The van der Waals surface area contributed by atoms with Crippen molar-refractivity contribution in [3.63, 3.8) is 0 Å². The molecule has 0 radical (unpaired) electrons. The number of aromatic amines is 1. The summed E-state index contributed by atoms with van der Waals surface area (Å²) in [6, 6.07) is 26.5. The first-order valence-electron chi connectivity index (χ1n) is 8.65. The summed E-state index contributed by atoms with van der Waals surface area (Å²) >= 11 is 0. The average Bonchev–Trinajstić information content (AvgIpc) is 3.15. The fraction of sp³-hybridized carbons (Fsp3) is 0. The molecule has 0 fully saturated rings. The number of H-pyrrole nitrogens is 1. The molecule has 0 aliphatic rings. The predicted octanol–water partition coefficient (Wildman–Crippen LogP) is 4.87. The molecule has 0 atom stereocenters. The molecule has 1 N–H and O–H groups in total. The average molecular weight is 351 g/mol. The van der Waals surface area contributed by atoms with Crippen molar-refractivity contribution in [2.24, 2.45) is 10.2 Å². The summed E-state index contributed by atoms with van der Waals surface area (Å²) in [5.41, 5.74) is 3.60. The minimum absolute atomic E-state index is 0.155. The number of hydrogen-bond donors (Lipinski definition) is 1. The minimum Gasteiger partial charge on any atom is -0.361 e. The second-order valence-corrected chi connectivity index (χ2v) is 6.04. The summed E-state index contributed by atoms with van der Waals surface area (Å²) in [7, 11) is 0. The molecule has 0 saturated carbocycles. The van der Waals surface area contributed by atoms with Crippen molar-refractivity contribution < 1.29 is 4.79 Å². The number of Topliss-reactive ketones (excluding diaryl/α,β-unsaturated/α-hetero) is 1. The van der Waals surface area contributed by atoms with E-state index >= 15 is 0 Å². The van der Waals surface area contributed by atoms with Crippen LogP contribution in [-0.2, 0) is 0 Å². The standard InChI is InChI=1S/C23H17N3O/c27-23(18-11-5-2-6-12-18)22(17-9-3-1-4-10-17)26-25-16-19-15-24-21-14-8-7-13-20(19)21/h1-16,24H. The summed E-state index contributed by atoms with van der Waals surface area (Å²) < 4.78 is 0. The van der Waals surface area contributed by atoms with E-state index in [1.165, 1.54) is 0 Å². The molecule has 0 aliphatic carbocycles.